The van der Waals surface area contributed by atoms with Gasteiger partial charge in [-0.15, -0.1) is 0 Å². The van der Waals surface area contributed by atoms with Gasteiger partial charge in [0.1, 0.15) is 11.5 Å². The third-order valence-electron chi connectivity index (χ3n) is 4.44. The molecule has 0 atom stereocenters. The van der Waals surface area contributed by atoms with Crippen molar-refractivity contribution >= 4 is 61.9 Å². The van der Waals surface area contributed by atoms with E-state index in [4.69, 9.17) is 21.7 Å². The molecule has 4 rings (SSSR count). The smallest absolute Gasteiger partial charge is 0.270 e. The van der Waals surface area contributed by atoms with Crippen LogP contribution in [0.25, 0.3) is 6.08 Å². The molecule has 156 valence electrons. The van der Waals surface area contributed by atoms with Crippen molar-refractivity contribution in [2.24, 2.45) is 0 Å². The van der Waals surface area contributed by atoms with Crippen molar-refractivity contribution in [1.29, 1.82) is 0 Å². The third-order valence-corrected chi connectivity index (χ3v) is 6.34. The molecule has 0 bridgehead atoms. The summed E-state index contributed by atoms with van der Waals surface area (Å²) in [5, 5.41) is 9.98. The number of rotatable bonds is 5. The highest BCUT2D eigenvalue weighted by molar-refractivity contribution is 9.10. The highest BCUT2D eigenvalue weighted by atomic mass is 79.9. The van der Waals surface area contributed by atoms with Crippen LogP contribution in [0.2, 0.25) is 0 Å². The zero-order chi connectivity index (χ0) is 22.0. The van der Waals surface area contributed by atoms with Gasteiger partial charge in [0.15, 0.2) is 15.8 Å². The number of halogens is 1. The molecule has 1 fully saturated rings. The Morgan fingerprint density at radius 2 is 1.74 bits per heavy atom. The number of phenols is 1. The normalized spacial score (nSPS) is 14.9. The summed E-state index contributed by atoms with van der Waals surface area (Å²) in [5.74, 6) is 1.50. The van der Waals surface area contributed by atoms with E-state index in [2.05, 4.69) is 15.9 Å². The molecule has 0 radical (unpaired) electrons. The predicted molar refractivity (Wildman–Crippen MR) is 131 cm³/mol. The Hall–Kier alpha value is -2.81. The maximum Gasteiger partial charge on any atom is 0.270 e. The number of ether oxygens (including phenoxy) is 2. The largest absolute Gasteiger partial charge is 0.503 e. The topological polar surface area (TPSA) is 59.0 Å². The van der Waals surface area contributed by atoms with Gasteiger partial charge in [0, 0.05) is 0 Å². The van der Waals surface area contributed by atoms with E-state index >= 15 is 0 Å². The van der Waals surface area contributed by atoms with Gasteiger partial charge >= 0.3 is 0 Å². The summed E-state index contributed by atoms with van der Waals surface area (Å²) in [6, 6.07) is 20.0. The van der Waals surface area contributed by atoms with Gasteiger partial charge in [0.25, 0.3) is 5.91 Å². The van der Waals surface area contributed by atoms with E-state index in [0.717, 1.165) is 5.75 Å². The fourth-order valence-electron chi connectivity index (χ4n) is 2.96. The minimum Gasteiger partial charge on any atom is -0.503 e. The van der Waals surface area contributed by atoms with Crippen molar-refractivity contribution < 1.29 is 19.4 Å². The molecule has 1 aliphatic heterocycles. The molecule has 1 saturated heterocycles. The van der Waals surface area contributed by atoms with Gasteiger partial charge < -0.3 is 14.6 Å². The van der Waals surface area contributed by atoms with Crippen LogP contribution < -0.4 is 14.4 Å². The number of benzene rings is 3. The quantitative estimate of drug-likeness (QED) is 0.316. The number of methoxy groups -OCH3 is 1. The second-order valence-electron chi connectivity index (χ2n) is 6.48. The minimum atomic E-state index is -0.213. The molecule has 1 aliphatic rings. The maximum atomic E-state index is 13.0. The average Bonchev–Trinajstić information content (AvgIpc) is 3.04. The third kappa shape index (κ3) is 4.61. The van der Waals surface area contributed by atoms with Gasteiger partial charge in [-0.3, -0.25) is 9.69 Å². The number of hydrogen-bond donors (Lipinski definition) is 1. The molecule has 0 unspecified atom stereocenters. The van der Waals surface area contributed by atoms with Crippen LogP contribution in [0.4, 0.5) is 5.69 Å². The monoisotopic (exact) mass is 513 g/mol. The number of thiocarbonyl (C=S) groups is 1. The number of carbonyl (C=O) groups excluding carboxylic acids is 1. The number of anilines is 1. The second-order valence-corrected chi connectivity index (χ2v) is 9.01. The number of carbonyl (C=O) groups is 1. The lowest BCUT2D eigenvalue weighted by atomic mass is 10.2. The van der Waals surface area contributed by atoms with Crippen LogP contribution in [-0.2, 0) is 4.79 Å². The summed E-state index contributed by atoms with van der Waals surface area (Å²) in [5.41, 5.74) is 1.37. The van der Waals surface area contributed by atoms with E-state index in [-0.39, 0.29) is 11.7 Å². The lowest BCUT2D eigenvalue weighted by Gasteiger charge is -2.15. The molecule has 1 amide bonds. The molecule has 1 heterocycles. The maximum absolute atomic E-state index is 13.0. The zero-order valence-corrected chi connectivity index (χ0v) is 19.5. The van der Waals surface area contributed by atoms with E-state index in [9.17, 15) is 9.90 Å². The molecule has 0 saturated carbocycles. The standard InChI is InChI=1S/C23H16BrNO4S2/c1-28-19-12-14(11-18(24)21(19)26)13-20-22(27)25(23(30)31-20)15-7-9-17(10-8-15)29-16-5-3-2-4-6-16/h2-13,26H,1H3/b20-13-. The van der Waals surface area contributed by atoms with Gasteiger partial charge in [-0.1, -0.05) is 42.2 Å². The highest BCUT2D eigenvalue weighted by Gasteiger charge is 2.33. The number of nitrogens with zero attached hydrogens (tertiary/aromatic N) is 1. The number of para-hydroxylation sites is 1. The highest BCUT2D eigenvalue weighted by Crippen LogP contribution is 2.39. The Morgan fingerprint density at radius 3 is 2.42 bits per heavy atom. The molecular formula is C23H16BrNO4S2. The fourth-order valence-corrected chi connectivity index (χ4v) is 4.72. The Balaban J connectivity index is 1.56. The summed E-state index contributed by atoms with van der Waals surface area (Å²) >= 11 is 9.96. The molecule has 3 aromatic rings. The van der Waals surface area contributed by atoms with Gasteiger partial charge in [-0.2, -0.15) is 0 Å². The first-order valence-corrected chi connectivity index (χ1v) is 11.2. The first-order chi connectivity index (χ1) is 15.0. The second kappa shape index (κ2) is 9.13. The summed E-state index contributed by atoms with van der Waals surface area (Å²) in [4.78, 5) is 15.0. The molecular weight excluding hydrogens is 498 g/mol. The predicted octanol–water partition coefficient (Wildman–Crippen LogP) is 6.36. The van der Waals surface area contributed by atoms with Crippen molar-refractivity contribution in [3.8, 4) is 23.0 Å². The summed E-state index contributed by atoms with van der Waals surface area (Å²) in [7, 11) is 1.47. The van der Waals surface area contributed by atoms with E-state index in [0.29, 0.717) is 36.4 Å². The molecule has 1 N–H and O–H groups in total. The molecule has 5 nitrogen and oxygen atoms in total. The van der Waals surface area contributed by atoms with E-state index < -0.39 is 0 Å². The van der Waals surface area contributed by atoms with Crippen molar-refractivity contribution in [2.75, 3.05) is 12.0 Å². The van der Waals surface area contributed by atoms with Crippen LogP contribution in [0.1, 0.15) is 5.56 Å². The number of aromatic hydroxyl groups is 1. The Bertz CT molecular complexity index is 1180. The summed E-state index contributed by atoms with van der Waals surface area (Å²) < 4.78 is 11.9. The van der Waals surface area contributed by atoms with Crippen LogP contribution >= 0.6 is 39.9 Å². The number of amides is 1. The Morgan fingerprint density at radius 1 is 1.06 bits per heavy atom. The van der Waals surface area contributed by atoms with Gasteiger partial charge in [0.2, 0.25) is 0 Å². The van der Waals surface area contributed by atoms with Crippen molar-refractivity contribution in [3.05, 3.63) is 81.7 Å². The first-order valence-electron chi connectivity index (χ1n) is 9.13. The van der Waals surface area contributed by atoms with Crippen LogP contribution in [0.15, 0.2) is 76.1 Å². The molecule has 0 aliphatic carbocycles. The van der Waals surface area contributed by atoms with Crippen molar-refractivity contribution in [1.82, 2.24) is 0 Å². The lowest BCUT2D eigenvalue weighted by molar-refractivity contribution is -0.113. The van der Waals surface area contributed by atoms with Crippen LogP contribution in [-0.4, -0.2) is 22.4 Å². The van der Waals surface area contributed by atoms with E-state index in [1.165, 1.54) is 23.8 Å². The fraction of sp³-hybridized carbons (Fsp3) is 0.0435. The lowest BCUT2D eigenvalue weighted by Crippen LogP contribution is -2.27. The van der Waals surface area contributed by atoms with Gasteiger partial charge in [-0.25, -0.2) is 0 Å². The first kappa shape index (κ1) is 21.4. The van der Waals surface area contributed by atoms with E-state index in [1.807, 2.05) is 30.3 Å². The SMILES string of the molecule is COc1cc(/C=C2\SC(=S)N(c3ccc(Oc4ccccc4)cc3)C2=O)cc(Br)c1O. The Labute approximate surface area is 197 Å². The molecule has 0 aromatic heterocycles. The summed E-state index contributed by atoms with van der Waals surface area (Å²) in [6.07, 6.45) is 1.72. The van der Waals surface area contributed by atoms with Crippen LogP contribution in [0.3, 0.4) is 0 Å². The van der Waals surface area contributed by atoms with Gasteiger partial charge in [-0.05, 0) is 76.1 Å². The molecule has 8 heteroatoms. The zero-order valence-electron chi connectivity index (χ0n) is 16.2. The van der Waals surface area contributed by atoms with Gasteiger partial charge in [0.05, 0.1) is 22.2 Å². The summed E-state index contributed by atoms with van der Waals surface area (Å²) in [6.45, 7) is 0. The number of hydrogen-bond acceptors (Lipinski definition) is 6. The molecule has 3 aromatic carbocycles. The van der Waals surface area contributed by atoms with Crippen LogP contribution in [0, 0.1) is 0 Å². The molecule has 31 heavy (non-hydrogen) atoms. The minimum absolute atomic E-state index is 0.00464. The van der Waals surface area contributed by atoms with Crippen LogP contribution in [0.5, 0.6) is 23.0 Å². The van der Waals surface area contributed by atoms with Crippen molar-refractivity contribution in [3.63, 3.8) is 0 Å². The van der Waals surface area contributed by atoms with E-state index in [1.54, 1.807) is 42.5 Å². The molecule has 0 spiro atoms. The number of phenolic OH excluding ortho intramolecular Hbond substituents is 1. The number of thioether (sulfide) groups is 1. The Kier molecular flexibility index (Phi) is 6.31. The average molecular weight is 514 g/mol. The van der Waals surface area contributed by atoms with Crippen molar-refractivity contribution in [2.45, 2.75) is 0 Å².